The van der Waals surface area contributed by atoms with Crippen molar-refractivity contribution < 1.29 is 9.26 Å². The number of aromatic nitrogens is 2. The fourth-order valence-electron chi connectivity index (χ4n) is 2.00. The van der Waals surface area contributed by atoms with E-state index in [0.717, 1.165) is 6.42 Å². The third-order valence-corrected chi connectivity index (χ3v) is 3.17. The lowest BCUT2D eigenvalue weighted by molar-refractivity contribution is 0.0555. The van der Waals surface area contributed by atoms with Crippen LogP contribution in [0.3, 0.4) is 0 Å². The predicted octanol–water partition coefficient (Wildman–Crippen LogP) is 2.20. The molecule has 2 atom stereocenters. The van der Waals surface area contributed by atoms with Crippen molar-refractivity contribution in [2.45, 2.75) is 46.3 Å². The Bertz CT molecular complexity index is 350. The Morgan fingerprint density at radius 2 is 1.89 bits per heavy atom. The molecule has 0 amide bonds. The van der Waals surface area contributed by atoms with E-state index < -0.39 is 0 Å². The highest BCUT2D eigenvalue weighted by atomic mass is 16.5. The molecule has 1 aromatic heterocycles. The Balaban J connectivity index is 2.73. The van der Waals surface area contributed by atoms with Crippen molar-refractivity contribution in [1.29, 1.82) is 0 Å². The van der Waals surface area contributed by atoms with Gasteiger partial charge in [0.05, 0.1) is 0 Å². The van der Waals surface area contributed by atoms with E-state index in [1.54, 1.807) is 7.11 Å². The highest BCUT2D eigenvalue weighted by molar-refractivity contribution is 4.94. The molecule has 104 valence electrons. The third-order valence-electron chi connectivity index (χ3n) is 3.17. The Kier molecular flexibility index (Phi) is 5.75. The van der Waals surface area contributed by atoms with Crippen LogP contribution in [0.25, 0.3) is 0 Å². The summed E-state index contributed by atoms with van der Waals surface area (Å²) in [5.74, 6) is 2.15. The Hall–Kier alpha value is -0.940. The van der Waals surface area contributed by atoms with Crippen LogP contribution < -0.4 is 5.32 Å². The molecule has 0 fully saturated rings. The van der Waals surface area contributed by atoms with Gasteiger partial charge in [-0.2, -0.15) is 4.98 Å². The normalized spacial score (nSPS) is 15.3. The highest BCUT2D eigenvalue weighted by Crippen LogP contribution is 2.22. The topological polar surface area (TPSA) is 60.2 Å². The summed E-state index contributed by atoms with van der Waals surface area (Å²) in [5.41, 5.74) is 0. The van der Waals surface area contributed by atoms with Crippen LogP contribution in [0.15, 0.2) is 4.52 Å². The van der Waals surface area contributed by atoms with E-state index in [4.69, 9.17) is 9.26 Å². The van der Waals surface area contributed by atoms with Gasteiger partial charge in [0, 0.05) is 19.6 Å². The number of hydrogen-bond donors (Lipinski definition) is 1. The van der Waals surface area contributed by atoms with E-state index in [2.05, 4.69) is 43.2 Å². The van der Waals surface area contributed by atoms with E-state index >= 15 is 0 Å². The first kappa shape index (κ1) is 15.1. The van der Waals surface area contributed by atoms with Gasteiger partial charge >= 0.3 is 0 Å². The minimum absolute atomic E-state index is 0.102. The lowest BCUT2D eigenvalue weighted by atomic mass is 10.0. The average molecular weight is 255 g/mol. The van der Waals surface area contributed by atoms with Gasteiger partial charge in [-0.1, -0.05) is 32.9 Å². The molecule has 1 N–H and O–H groups in total. The van der Waals surface area contributed by atoms with Crippen LogP contribution in [0, 0.1) is 11.8 Å². The zero-order valence-corrected chi connectivity index (χ0v) is 12.2. The molecule has 0 aromatic carbocycles. The number of likely N-dealkylation sites (N-methyl/N-ethyl adjacent to an activating group) is 1. The summed E-state index contributed by atoms with van der Waals surface area (Å²) < 4.78 is 10.7. The molecule has 18 heavy (non-hydrogen) atoms. The summed E-state index contributed by atoms with van der Waals surface area (Å²) in [6.07, 6.45) is 0.643. The van der Waals surface area contributed by atoms with Gasteiger partial charge < -0.3 is 14.6 Å². The van der Waals surface area contributed by atoms with Gasteiger partial charge in [0.15, 0.2) is 0 Å². The van der Waals surface area contributed by atoms with Crippen molar-refractivity contribution in [1.82, 2.24) is 15.5 Å². The van der Waals surface area contributed by atoms with E-state index in [1.165, 1.54) is 0 Å². The van der Waals surface area contributed by atoms with Gasteiger partial charge in [-0.3, -0.25) is 0 Å². The van der Waals surface area contributed by atoms with Crippen LogP contribution in [0.2, 0.25) is 0 Å². The zero-order chi connectivity index (χ0) is 13.7. The van der Waals surface area contributed by atoms with Gasteiger partial charge in [0.25, 0.3) is 0 Å². The molecule has 1 rings (SSSR count). The van der Waals surface area contributed by atoms with Gasteiger partial charge in [-0.05, 0) is 18.9 Å². The summed E-state index contributed by atoms with van der Waals surface area (Å²) in [7, 11) is 3.62. The van der Waals surface area contributed by atoms with Crippen LogP contribution in [-0.4, -0.2) is 30.3 Å². The second kappa shape index (κ2) is 6.85. The Labute approximate surface area is 109 Å². The van der Waals surface area contributed by atoms with Crippen molar-refractivity contribution in [2.24, 2.45) is 11.8 Å². The minimum Gasteiger partial charge on any atom is -0.373 e. The van der Waals surface area contributed by atoms with Crippen LogP contribution in [0.4, 0.5) is 0 Å². The quantitative estimate of drug-likeness (QED) is 0.809. The number of nitrogens with one attached hydrogen (secondary N) is 1. The van der Waals surface area contributed by atoms with Crippen molar-refractivity contribution in [2.75, 3.05) is 14.2 Å². The van der Waals surface area contributed by atoms with Crippen molar-refractivity contribution in [3.63, 3.8) is 0 Å². The molecule has 0 aliphatic rings. The fourth-order valence-corrected chi connectivity index (χ4v) is 2.00. The molecule has 0 aliphatic carbocycles. The lowest BCUT2D eigenvalue weighted by Crippen LogP contribution is -2.32. The monoisotopic (exact) mass is 255 g/mol. The molecule has 5 heteroatoms. The largest absolute Gasteiger partial charge is 0.373 e. The molecule has 0 spiro atoms. The maximum Gasteiger partial charge on any atom is 0.228 e. The summed E-state index contributed by atoms with van der Waals surface area (Å²) in [4.78, 5) is 4.43. The van der Waals surface area contributed by atoms with Crippen molar-refractivity contribution in [3.8, 4) is 0 Å². The summed E-state index contributed by atoms with van der Waals surface area (Å²) in [6.45, 7) is 8.50. The summed E-state index contributed by atoms with van der Waals surface area (Å²) in [5, 5.41) is 7.28. The molecule has 1 aromatic rings. The van der Waals surface area contributed by atoms with Gasteiger partial charge in [-0.25, -0.2) is 0 Å². The van der Waals surface area contributed by atoms with Crippen molar-refractivity contribution in [3.05, 3.63) is 11.7 Å². The Morgan fingerprint density at radius 1 is 1.22 bits per heavy atom. The molecule has 0 saturated carbocycles. The molecular weight excluding hydrogens is 230 g/mol. The van der Waals surface area contributed by atoms with E-state index in [9.17, 15) is 0 Å². The maximum absolute atomic E-state index is 5.39. The van der Waals surface area contributed by atoms with Gasteiger partial charge in [-0.15, -0.1) is 0 Å². The molecule has 0 saturated heterocycles. The lowest BCUT2D eigenvalue weighted by Gasteiger charge is -2.17. The minimum atomic E-state index is -0.102. The first-order valence-electron chi connectivity index (χ1n) is 6.52. The van der Waals surface area contributed by atoms with Crippen molar-refractivity contribution >= 4 is 0 Å². The second-order valence-corrected chi connectivity index (χ2v) is 5.29. The summed E-state index contributed by atoms with van der Waals surface area (Å²) in [6, 6.07) is 0.346. The highest BCUT2D eigenvalue weighted by Gasteiger charge is 2.22. The second-order valence-electron chi connectivity index (χ2n) is 5.29. The van der Waals surface area contributed by atoms with Crippen LogP contribution in [-0.2, 0) is 11.2 Å². The fraction of sp³-hybridized carbons (Fsp3) is 0.846. The number of methoxy groups -OCH3 is 1. The molecule has 1 heterocycles. The van der Waals surface area contributed by atoms with Crippen LogP contribution >= 0.6 is 0 Å². The number of nitrogens with zero attached hydrogens (tertiary/aromatic N) is 2. The summed E-state index contributed by atoms with van der Waals surface area (Å²) >= 11 is 0. The molecule has 0 bridgehead atoms. The standard InChI is InChI=1S/C13H25N3O2/c1-8(2)10(14-5)7-11-15-13(16-18-11)12(17-6)9(3)4/h8-10,12,14H,7H2,1-6H3. The first-order chi connectivity index (χ1) is 8.49. The zero-order valence-electron chi connectivity index (χ0n) is 12.2. The molecular formula is C13H25N3O2. The smallest absolute Gasteiger partial charge is 0.228 e. The number of hydrogen-bond acceptors (Lipinski definition) is 5. The van der Waals surface area contributed by atoms with E-state index in [1.807, 2.05) is 7.05 Å². The van der Waals surface area contributed by atoms with E-state index in [0.29, 0.717) is 29.6 Å². The van der Waals surface area contributed by atoms with Gasteiger partial charge in [0.1, 0.15) is 6.10 Å². The molecule has 0 radical (unpaired) electrons. The SMILES string of the molecule is CNC(Cc1nc(C(OC)C(C)C)no1)C(C)C. The first-order valence-corrected chi connectivity index (χ1v) is 6.52. The van der Waals surface area contributed by atoms with Gasteiger partial charge in [0.2, 0.25) is 11.7 Å². The molecule has 5 nitrogen and oxygen atoms in total. The maximum atomic E-state index is 5.39. The molecule has 0 aliphatic heterocycles. The number of rotatable bonds is 7. The number of ether oxygens (including phenoxy) is 1. The predicted molar refractivity (Wildman–Crippen MR) is 70.3 cm³/mol. The average Bonchev–Trinajstić information content (AvgIpc) is 2.74. The van der Waals surface area contributed by atoms with Crippen LogP contribution in [0.5, 0.6) is 0 Å². The third kappa shape index (κ3) is 3.78. The Morgan fingerprint density at radius 3 is 2.33 bits per heavy atom. The molecule has 2 unspecified atom stereocenters. The van der Waals surface area contributed by atoms with Crippen LogP contribution in [0.1, 0.15) is 45.5 Å². The van der Waals surface area contributed by atoms with E-state index in [-0.39, 0.29) is 6.10 Å².